The highest BCUT2D eigenvalue weighted by molar-refractivity contribution is 4.82. The average Bonchev–Trinajstić information content (AvgIpc) is 2.97. The van der Waals surface area contributed by atoms with Crippen molar-refractivity contribution >= 4 is 0 Å². The van der Waals surface area contributed by atoms with Gasteiger partial charge in [0.15, 0.2) is 0 Å². The molecular formula is C12H24N2O. The number of hydrogen-bond acceptors (Lipinski definition) is 3. The van der Waals surface area contributed by atoms with E-state index < -0.39 is 0 Å². The first kappa shape index (κ1) is 11.4. The Morgan fingerprint density at radius 1 is 1.27 bits per heavy atom. The molecule has 88 valence electrons. The van der Waals surface area contributed by atoms with E-state index >= 15 is 0 Å². The quantitative estimate of drug-likeness (QED) is 0.614. The fourth-order valence-electron chi connectivity index (χ4n) is 2.33. The molecule has 2 N–H and O–H groups in total. The summed E-state index contributed by atoms with van der Waals surface area (Å²) in [5.41, 5.74) is 0. The van der Waals surface area contributed by atoms with E-state index in [9.17, 15) is 5.11 Å². The van der Waals surface area contributed by atoms with Gasteiger partial charge in [-0.15, -0.1) is 0 Å². The summed E-state index contributed by atoms with van der Waals surface area (Å²) in [5, 5.41) is 13.0. The third-order valence-electron chi connectivity index (χ3n) is 3.55. The van der Waals surface area contributed by atoms with Crippen molar-refractivity contribution in [1.29, 1.82) is 0 Å². The molecule has 0 aromatic heterocycles. The van der Waals surface area contributed by atoms with Gasteiger partial charge < -0.3 is 15.3 Å². The topological polar surface area (TPSA) is 35.5 Å². The summed E-state index contributed by atoms with van der Waals surface area (Å²) in [4.78, 5) is 2.54. The number of aliphatic hydroxyl groups excluding tert-OH is 1. The van der Waals surface area contributed by atoms with Gasteiger partial charge in [0.1, 0.15) is 0 Å². The highest BCUT2D eigenvalue weighted by Gasteiger charge is 2.28. The molecule has 0 radical (unpaired) electrons. The molecule has 1 aliphatic carbocycles. The minimum absolute atomic E-state index is 0.0863. The van der Waals surface area contributed by atoms with Crippen LogP contribution in [0.3, 0.4) is 0 Å². The molecule has 1 atom stereocenters. The van der Waals surface area contributed by atoms with Crippen LogP contribution in [0.5, 0.6) is 0 Å². The van der Waals surface area contributed by atoms with Crippen molar-refractivity contribution in [2.75, 3.05) is 32.7 Å². The normalized spacial score (nSPS) is 24.6. The molecule has 0 bridgehead atoms. The van der Waals surface area contributed by atoms with E-state index in [0.29, 0.717) is 5.92 Å². The maximum absolute atomic E-state index is 9.63. The predicted molar refractivity (Wildman–Crippen MR) is 61.9 cm³/mol. The van der Waals surface area contributed by atoms with Gasteiger partial charge in [-0.25, -0.2) is 0 Å². The molecule has 1 unspecified atom stereocenters. The third kappa shape index (κ3) is 4.09. The first-order chi connectivity index (χ1) is 7.36. The summed E-state index contributed by atoms with van der Waals surface area (Å²) in [5.74, 6) is 0.607. The van der Waals surface area contributed by atoms with Crippen LogP contribution in [0.2, 0.25) is 0 Å². The van der Waals surface area contributed by atoms with Crippen molar-refractivity contribution < 1.29 is 5.11 Å². The number of nitrogens with zero attached hydrogens (tertiary/aromatic N) is 1. The Balaban J connectivity index is 1.41. The molecular weight excluding hydrogens is 188 g/mol. The maximum Gasteiger partial charge on any atom is 0.0692 e. The molecule has 1 aliphatic heterocycles. The van der Waals surface area contributed by atoms with E-state index in [2.05, 4.69) is 10.2 Å². The van der Waals surface area contributed by atoms with Gasteiger partial charge in [0.05, 0.1) is 6.10 Å². The molecule has 1 saturated heterocycles. The van der Waals surface area contributed by atoms with Crippen LogP contribution >= 0.6 is 0 Å². The van der Waals surface area contributed by atoms with E-state index in [1.807, 2.05) is 0 Å². The van der Waals surface area contributed by atoms with Crippen LogP contribution in [0.25, 0.3) is 0 Å². The van der Waals surface area contributed by atoms with E-state index in [4.69, 9.17) is 0 Å². The van der Waals surface area contributed by atoms with Crippen LogP contribution in [-0.4, -0.2) is 48.8 Å². The van der Waals surface area contributed by atoms with Crippen molar-refractivity contribution in [2.45, 2.75) is 38.2 Å². The number of aliphatic hydroxyl groups is 1. The SMILES string of the molecule is OC(CNCCCN1CCCC1)C1CC1. The van der Waals surface area contributed by atoms with Gasteiger partial charge in [0.2, 0.25) is 0 Å². The Morgan fingerprint density at radius 2 is 2.00 bits per heavy atom. The molecule has 1 saturated carbocycles. The fraction of sp³-hybridized carbons (Fsp3) is 1.00. The molecule has 3 heteroatoms. The van der Waals surface area contributed by atoms with Gasteiger partial charge in [-0.2, -0.15) is 0 Å². The molecule has 0 amide bonds. The fourth-order valence-corrected chi connectivity index (χ4v) is 2.33. The Labute approximate surface area is 92.8 Å². The molecule has 0 spiro atoms. The Hall–Kier alpha value is -0.120. The van der Waals surface area contributed by atoms with E-state index in [1.54, 1.807) is 0 Å². The first-order valence-corrected chi connectivity index (χ1v) is 6.47. The molecule has 2 rings (SSSR count). The number of likely N-dealkylation sites (tertiary alicyclic amines) is 1. The largest absolute Gasteiger partial charge is 0.392 e. The highest BCUT2D eigenvalue weighted by atomic mass is 16.3. The maximum atomic E-state index is 9.63. The summed E-state index contributed by atoms with van der Waals surface area (Å²) in [6, 6.07) is 0. The first-order valence-electron chi connectivity index (χ1n) is 6.47. The highest BCUT2D eigenvalue weighted by Crippen LogP contribution is 2.32. The lowest BCUT2D eigenvalue weighted by Gasteiger charge is -2.15. The summed E-state index contributed by atoms with van der Waals surface area (Å²) in [7, 11) is 0. The molecule has 0 aromatic carbocycles. The zero-order chi connectivity index (χ0) is 10.5. The molecule has 3 nitrogen and oxygen atoms in total. The van der Waals surface area contributed by atoms with Crippen LogP contribution in [0, 0.1) is 5.92 Å². The molecule has 2 aliphatic rings. The van der Waals surface area contributed by atoms with Crippen molar-refractivity contribution in [3.63, 3.8) is 0 Å². The summed E-state index contributed by atoms with van der Waals surface area (Å²) >= 11 is 0. The second kappa shape index (κ2) is 5.83. The third-order valence-corrected chi connectivity index (χ3v) is 3.55. The van der Waals surface area contributed by atoms with Crippen LogP contribution in [0.4, 0.5) is 0 Å². The Kier molecular flexibility index (Phi) is 4.42. The predicted octanol–water partition coefficient (Wildman–Crippen LogP) is 0.833. The summed E-state index contributed by atoms with van der Waals surface area (Å²) < 4.78 is 0. The van der Waals surface area contributed by atoms with E-state index in [-0.39, 0.29) is 6.10 Å². The lowest BCUT2D eigenvalue weighted by atomic mass is 10.2. The molecule has 2 fully saturated rings. The smallest absolute Gasteiger partial charge is 0.0692 e. The number of rotatable bonds is 7. The summed E-state index contributed by atoms with van der Waals surface area (Å²) in [6.07, 6.45) is 6.36. The Bertz CT molecular complexity index is 172. The minimum Gasteiger partial charge on any atom is -0.392 e. The Morgan fingerprint density at radius 3 is 2.67 bits per heavy atom. The zero-order valence-electron chi connectivity index (χ0n) is 9.62. The van der Waals surface area contributed by atoms with Crippen molar-refractivity contribution in [1.82, 2.24) is 10.2 Å². The van der Waals surface area contributed by atoms with Crippen LogP contribution in [-0.2, 0) is 0 Å². The van der Waals surface area contributed by atoms with Gasteiger partial charge in [0.25, 0.3) is 0 Å². The summed E-state index contributed by atoms with van der Waals surface area (Å²) in [6.45, 7) is 5.67. The van der Waals surface area contributed by atoms with Crippen molar-refractivity contribution in [2.24, 2.45) is 5.92 Å². The zero-order valence-corrected chi connectivity index (χ0v) is 9.62. The van der Waals surface area contributed by atoms with Crippen LogP contribution in [0.1, 0.15) is 32.1 Å². The second-order valence-electron chi connectivity index (χ2n) is 5.01. The monoisotopic (exact) mass is 212 g/mol. The van der Waals surface area contributed by atoms with Crippen molar-refractivity contribution in [3.05, 3.63) is 0 Å². The van der Waals surface area contributed by atoms with Gasteiger partial charge in [-0.3, -0.25) is 0 Å². The van der Waals surface area contributed by atoms with Crippen LogP contribution in [0.15, 0.2) is 0 Å². The molecule has 15 heavy (non-hydrogen) atoms. The molecule has 1 heterocycles. The van der Waals surface area contributed by atoms with Gasteiger partial charge >= 0.3 is 0 Å². The minimum atomic E-state index is -0.0863. The number of nitrogens with one attached hydrogen (secondary N) is 1. The van der Waals surface area contributed by atoms with Gasteiger partial charge in [0, 0.05) is 6.54 Å². The number of hydrogen-bond donors (Lipinski definition) is 2. The van der Waals surface area contributed by atoms with E-state index in [0.717, 1.165) is 13.1 Å². The average molecular weight is 212 g/mol. The van der Waals surface area contributed by atoms with Gasteiger partial charge in [-0.1, -0.05) is 0 Å². The lowest BCUT2D eigenvalue weighted by molar-refractivity contribution is 0.148. The van der Waals surface area contributed by atoms with Crippen LogP contribution < -0.4 is 5.32 Å². The second-order valence-corrected chi connectivity index (χ2v) is 5.01. The lowest BCUT2D eigenvalue weighted by Crippen LogP contribution is -2.31. The van der Waals surface area contributed by atoms with Gasteiger partial charge in [-0.05, 0) is 64.2 Å². The standard InChI is InChI=1S/C12H24N2O/c15-12(11-4-5-11)10-13-6-3-9-14-7-1-2-8-14/h11-13,15H,1-10H2. The van der Waals surface area contributed by atoms with E-state index in [1.165, 1.54) is 51.7 Å². The van der Waals surface area contributed by atoms with Crippen molar-refractivity contribution in [3.8, 4) is 0 Å². The molecule has 0 aromatic rings.